The van der Waals surface area contributed by atoms with Crippen molar-refractivity contribution in [3.8, 4) is 0 Å². The summed E-state index contributed by atoms with van der Waals surface area (Å²) in [4.78, 5) is 0. The van der Waals surface area contributed by atoms with E-state index in [0.717, 1.165) is 13.0 Å². The molecule has 0 rings (SSSR count). The van der Waals surface area contributed by atoms with Gasteiger partial charge in [0.2, 0.25) is 0 Å². The van der Waals surface area contributed by atoms with Crippen molar-refractivity contribution < 1.29 is 0 Å². The lowest BCUT2D eigenvalue weighted by molar-refractivity contribution is 0.547. The van der Waals surface area contributed by atoms with Crippen LogP contribution in [0.4, 0.5) is 0 Å². The Morgan fingerprint density at radius 3 is 2.40 bits per heavy atom. The molecule has 0 saturated heterocycles. The van der Waals surface area contributed by atoms with Gasteiger partial charge in [-0.1, -0.05) is 33.3 Å². The molecule has 0 spiro atoms. The Kier molecular flexibility index (Phi) is 7.37. The highest BCUT2D eigenvalue weighted by Crippen LogP contribution is 2.24. The highest BCUT2D eigenvalue weighted by atomic mass is 32.2. The zero-order chi connectivity index (χ0) is 11.9. The third-order valence-electron chi connectivity index (χ3n) is 2.00. The van der Waals surface area contributed by atoms with Gasteiger partial charge >= 0.3 is 0 Å². The van der Waals surface area contributed by atoms with Crippen LogP contribution < -0.4 is 5.32 Å². The Labute approximate surface area is 100 Å². The molecule has 15 heavy (non-hydrogen) atoms. The zero-order valence-electron chi connectivity index (χ0n) is 11.0. The topological polar surface area (TPSA) is 12.0 Å². The lowest BCUT2D eigenvalue weighted by atomic mass is 10.1. The molecule has 0 aliphatic rings. The molecule has 0 bridgehead atoms. The molecule has 90 valence electrons. The largest absolute Gasteiger partial charge is 0.313 e. The molecule has 0 fully saturated rings. The van der Waals surface area contributed by atoms with Crippen LogP contribution in [0, 0.1) is 0 Å². The van der Waals surface area contributed by atoms with Gasteiger partial charge in [0.1, 0.15) is 0 Å². The van der Waals surface area contributed by atoms with Gasteiger partial charge in [-0.25, -0.2) is 0 Å². The van der Waals surface area contributed by atoms with Crippen LogP contribution in [-0.2, 0) is 0 Å². The Bertz CT molecular complexity index is 181. The lowest BCUT2D eigenvalue weighted by Gasteiger charge is -2.24. The molecule has 1 atom stereocenters. The normalized spacial score (nSPS) is 13.9. The van der Waals surface area contributed by atoms with Gasteiger partial charge in [0.15, 0.2) is 0 Å². The van der Waals surface area contributed by atoms with Crippen LogP contribution in [-0.4, -0.2) is 23.1 Å². The minimum atomic E-state index is 0.362. The number of hydrogen-bond acceptors (Lipinski definition) is 2. The standard InChI is InChI=1S/C13H27NS/c1-7-8-14-12(9-11(2)3)10-15-13(4,5)6/h12,14H,2,7-10H2,1,3-6H3. The van der Waals surface area contributed by atoms with Crippen LogP contribution in [0.5, 0.6) is 0 Å². The lowest BCUT2D eigenvalue weighted by Crippen LogP contribution is -2.33. The summed E-state index contributed by atoms with van der Waals surface area (Å²) in [6.45, 7) is 16.3. The van der Waals surface area contributed by atoms with E-state index >= 15 is 0 Å². The van der Waals surface area contributed by atoms with Crippen LogP contribution in [0.3, 0.4) is 0 Å². The quantitative estimate of drug-likeness (QED) is 0.665. The molecule has 0 aromatic rings. The first kappa shape index (κ1) is 15.0. The first-order chi connectivity index (χ1) is 6.85. The molecule has 0 aromatic heterocycles. The molecular formula is C13H27NS. The van der Waals surface area contributed by atoms with E-state index in [2.05, 4.69) is 46.5 Å². The fourth-order valence-electron chi connectivity index (χ4n) is 1.31. The third kappa shape index (κ3) is 10.3. The van der Waals surface area contributed by atoms with E-state index in [1.54, 1.807) is 0 Å². The molecule has 1 unspecified atom stereocenters. The molecule has 0 aliphatic heterocycles. The van der Waals surface area contributed by atoms with Crippen LogP contribution >= 0.6 is 11.8 Å². The van der Waals surface area contributed by atoms with Crippen LogP contribution in [0.25, 0.3) is 0 Å². The molecule has 0 heterocycles. The van der Waals surface area contributed by atoms with Crippen molar-refractivity contribution in [1.82, 2.24) is 5.32 Å². The van der Waals surface area contributed by atoms with Gasteiger partial charge in [0.25, 0.3) is 0 Å². The Morgan fingerprint density at radius 2 is 2.00 bits per heavy atom. The molecule has 0 aliphatic carbocycles. The van der Waals surface area contributed by atoms with Crippen molar-refractivity contribution in [2.75, 3.05) is 12.3 Å². The second kappa shape index (κ2) is 7.34. The van der Waals surface area contributed by atoms with Gasteiger partial charge < -0.3 is 5.32 Å². The van der Waals surface area contributed by atoms with Crippen LogP contribution in [0.2, 0.25) is 0 Å². The van der Waals surface area contributed by atoms with Gasteiger partial charge in [-0.3, -0.25) is 0 Å². The maximum Gasteiger partial charge on any atom is 0.0195 e. The highest BCUT2D eigenvalue weighted by Gasteiger charge is 2.15. The van der Waals surface area contributed by atoms with Crippen LogP contribution in [0.15, 0.2) is 12.2 Å². The Hall–Kier alpha value is 0.0500. The summed E-state index contributed by atoms with van der Waals surface area (Å²) in [6.07, 6.45) is 2.30. The van der Waals surface area contributed by atoms with Crippen molar-refractivity contribution in [3.05, 3.63) is 12.2 Å². The summed E-state index contributed by atoms with van der Waals surface area (Å²) in [5, 5.41) is 3.59. The smallest absolute Gasteiger partial charge is 0.0195 e. The Morgan fingerprint density at radius 1 is 1.40 bits per heavy atom. The average molecular weight is 229 g/mol. The summed E-state index contributed by atoms with van der Waals surface area (Å²) in [6, 6.07) is 0.590. The highest BCUT2D eigenvalue weighted by molar-refractivity contribution is 8.00. The van der Waals surface area contributed by atoms with Crippen molar-refractivity contribution >= 4 is 11.8 Å². The van der Waals surface area contributed by atoms with Gasteiger partial charge in [-0.05, 0) is 26.3 Å². The van der Waals surface area contributed by atoms with Crippen molar-refractivity contribution in [1.29, 1.82) is 0 Å². The number of rotatable bonds is 7. The van der Waals surface area contributed by atoms with E-state index < -0.39 is 0 Å². The first-order valence-electron chi connectivity index (χ1n) is 5.87. The van der Waals surface area contributed by atoms with Gasteiger partial charge in [-0.15, -0.1) is 6.58 Å². The maximum absolute atomic E-state index is 4.00. The second-order valence-corrected chi connectivity index (χ2v) is 7.08. The van der Waals surface area contributed by atoms with Gasteiger partial charge in [-0.2, -0.15) is 11.8 Å². The predicted octanol–water partition coefficient (Wildman–Crippen LogP) is 3.85. The summed E-state index contributed by atoms with van der Waals surface area (Å²) in [5.74, 6) is 1.18. The molecule has 0 radical (unpaired) electrons. The predicted molar refractivity (Wildman–Crippen MR) is 73.7 cm³/mol. The third-order valence-corrected chi connectivity index (χ3v) is 3.43. The molecule has 0 amide bonds. The van der Waals surface area contributed by atoms with Gasteiger partial charge in [0.05, 0.1) is 0 Å². The fraction of sp³-hybridized carbons (Fsp3) is 0.846. The number of thioether (sulfide) groups is 1. The zero-order valence-corrected chi connectivity index (χ0v) is 11.8. The van der Waals surface area contributed by atoms with E-state index in [1.807, 2.05) is 11.8 Å². The molecule has 2 heteroatoms. The summed E-state index contributed by atoms with van der Waals surface area (Å²) in [5.41, 5.74) is 1.28. The summed E-state index contributed by atoms with van der Waals surface area (Å²) >= 11 is 2.03. The summed E-state index contributed by atoms with van der Waals surface area (Å²) in [7, 11) is 0. The van der Waals surface area contributed by atoms with E-state index in [9.17, 15) is 0 Å². The van der Waals surface area contributed by atoms with E-state index in [-0.39, 0.29) is 0 Å². The number of hydrogen-bond donors (Lipinski definition) is 1. The van der Waals surface area contributed by atoms with Gasteiger partial charge in [0, 0.05) is 16.5 Å². The minimum Gasteiger partial charge on any atom is -0.313 e. The van der Waals surface area contributed by atoms with E-state index in [1.165, 1.54) is 17.7 Å². The monoisotopic (exact) mass is 229 g/mol. The van der Waals surface area contributed by atoms with Crippen molar-refractivity contribution in [2.45, 2.75) is 58.2 Å². The average Bonchev–Trinajstić information content (AvgIpc) is 2.07. The second-order valence-electron chi connectivity index (χ2n) is 5.24. The first-order valence-corrected chi connectivity index (χ1v) is 6.85. The molecule has 0 aromatic carbocycles. The fourth-order valence-corrected chi connectivity index (χ4v) is 2.25. The molecule has 0 saturated carbocycles. The molecule has 1 nitrogen and oxygen atoms in total. The van der Waals surface area contributed by atoms with Crippen molar-refractivity contribution in [2.24, 2.45) is 0 Å². The van der Waals surface area contributed by atoms with Crippen LogP contribution in [0.1, 0.15) is 47.5 Å². The van der Waals surface area contributed by atoms with Crippen molar-refractivity contribution in [3.63, 3.8) is 0 Å². The number of nitrogens with one attached hydrogen (secondary N) is 1. The summed E-state index contributed by atoms with van der Waals surface area (Å²) < 4.78 is 0.362. The molecular weight excluding hydrogens is 202 g/mol. The van der Waals surface area contributed by atoms with E-state index in [0.29, 0.717) is 10.8 Å². The molecule has 1 N–H and O–H groups in total. The minimum absolute atomic E-state index is 0.362. The van der Waals surface area contributed by atoms with E-state index in [4.69, 9.17) is 0 Å². The Balaban J connectivity index is 3.95. The SMILES string of the molecule is C=C(C)CC(CSC(C)(C)C)NCCC. The maximum atomic E-state index is 4.00.